The Labute approximate surface area is 152 Å². The molecule has 0 amide bonds. The molecule has 25 heavy (non-hydrogen) atoms. The maximum absolute atomic E-state index is 9.50. The highest BCUT2D eigenvalue weighted by atomic mass is 16.4. The van der Waals surface area contributed by atoms with E-state index in [1.165, 1.54) is 74.8 Å². The quantitative estimate of drug-likeness (QED) is 0.631. The lowest BCUT2D eigenvalue weighted by molar-refractivity contribution is 0.126. The molecule has 3 atom stereocenters. The van der Waals surface area contributed by atoms with Gasteiger partial charge in [0.05, 0.1) is 5.71 Å². The first-order valence-corrected chi connectivity index (χ1v) is 10.2. The van der Waals surface area contributed by atoms with E-state index in [1.54, 1.807) is 0 Å². The van der Waals surface area contributed by atoms with Crippen LogP contribution in [0.15, 0.2) is 23.4 Å². The number of oxime groups is 1. The Balaban J connectivity index is 0.00000168. The summed E-state index contributed by atoms with van der Waals surface area (Å²) in [7, 11) is 0. The van der Waals surface area contributed by atoms with Gasteiger partial charge in [0.15, 0.2) is 0 Å². The lowest BCUT2D eigenvalue weighted by Gasteiger charge is -2.41. The molecule has 4 aliphatic rings. The average molecular weight is 341 g/mol. The first kappa shape index (κ1) is 15.9. The molecule has 1 aromatic carbocycles. The van der Waals surface area contributed by atoms with Crippen LogP contribution < -0.4 is 0 Å². The summed E-state index contributed by atoms with van der Waals surface area (Å²) in [5.41, 5.74) is 5.01. The van der Waals surface area contributed by atoms with Crippen LogP contribution in [0.3, 0.4) is 0 Å². The summed E-state index contributed by atoms with van der Waals surface area (Å²) < 4.78 is 0. The van der Waals surface area contributed by atoms with E-state index < -0.39 is 0 Å². The van der Waals surface area contributed by atoms with Crippen molar-refractivity contribution >= 4 is 5.71 Å². The van der Waals surface area contributed by atoms with Crippen molar-refractivity contribution in [1.82, 2.24) is 4.90 Å². The predicted octanol–water partition coefficient (Wildman–Crippen LogP) is 4.59. The van der Waals surface area contributed by atoms with Gasteiger partial charge in [0.25, 0.3) is 0 Å². The zero-order valence-corrected chi connectivity index (χ0v) is 15.4. The highest BCUT2D eigenvalue weighted by molar-refractivity contribution is 6.06. The Hall–Kier alpha value is -1.35. The van der Waals surface area contributed by atoms with Crippen molar-refractivity contribution in [2.75, 3.05) is 19.6 Å². The number of nitrogens with zero attached hydrogens (tertiary/aromatic N) is 2. The Kier molecular flexibility index (Phi) is 3.70. The van der Waals surface area contributed by atoms with Crippen LogP contribution in [-0.2, 0) is 5.41 Å². The molecule has 1 aromatic rings. The van der Waals surface area contributed by atoms with Crippen molar-refractivity contribution in [2.45, 2.75) is 57.3 Å². The second-order valence-corrected chi connectivity index (χ2v) is 9.29. The van der Waals surface area contributed by atoms with E-state index in [4.69, 9.17) is 0 Å². The Bertz CT molecular complexity index is 708. The van der Waals surface area contributed by atoms with E-state index in [0.717, 1.165) is 29.9 Å². The summed E-state index contributed by atoms with van der Waals surface area (Å²) in [6.07, 6.45) is 9.36. The molecule has 1 aliphatic heterocycles. The summed E-state index contributed by atoms with van der Waals surface area (Å²) in [6, 6.07) is 6.73. The van der Waals surface area contributed by atoms with Crippen molar-refractivity contribution in [3.63, 3.8) is 0 Å². The van der Waals surface area contributed by atoms with Gasteiger partial charge in [-0.15, -0.1) is 0 Å². The van der Waals surface area contributed by atoms with Crippen molar-refractivity contribution in [1.29, 1.82) is 0 Å². The maximum atomic E-state index is 9.50. The number of fused-ring (bicyclic) bond motifs is 4. The fourth-order valence-electron chi connectivity index (χ4n) is 6.50. The molecule has 1 saturated heterocycles. The third kappa shape index (κ3) is 2.54. The molecular weight excluding hydrogens is 308 g/mol. The monoisotopic (exact) mass is 340 g/mol. The van der Waals surface area contributed by atoms with Crippen molar-refractivity contribution in [3.05, 3.63) is 34.9 Å². The molecule has 136 valence electrons. The third-order valence-corrected chi connectivity index (χ3v) is 7.87. The standard InChI is InChI=1S/C22H30N2O.H2/c1-15-2-5-20-19(10-15)21(23-25)13-22(20)6-8-24(9-7-22)14-18-12-16-3-4-17(18)11-16;/h2,5,10,16-18,25H,3-4,6-9,11-14H2,1H3;1H/b23-21+;/t16-,17?,18?;/m0./s1. The van der Waals surface area contributed by atoms with Gasteiger partial charge in [-0.2, -0.15) is 0 Å². The van der Waals surface area contributed by atoms with Crippen molar-refractivity contribution in [2.24, 2.45) is 22.9 Å². The van der Waals surface area contributed by atoms with E-state index in [-0.39, 0.29) is 6.84 Å². The molecule has 3 aliphatic carbocycles. The molecule has 2 bridgehead atoms. The minimum atomic E-state index is 0. The van der Waals surface area contributed by atoms with E-state index in [0.29, 0.717) is 0 Å². The average Bonchev–Trinajstić information content (AvgIpc) is 3.31. The fourth-order valence-corrected chi connectivity index (χ4v) is 6.50. The highest BCUT2D eigenvalue weighted by Gasteiger charge is 2.45. The largest absolute Gasteiger partial charge is 0.411 e. The number of hydrogen-bond donors (Lipinski definition) is 1. The molecule has 1 spiro atoms. The van der Waals surface area contributed by atoms with Gasteiger partial charge in [0.2, 0.25) is 0 Å². The Morgan fingerprint density at radius 1 is 1.24 bits per heavy atom. The third-order valence-electron chi connectivity index (χ3n) is 7.87. The van der Waals surface area contributed by atoms with Gasteiger partial charge in [-0.3, -0.25) is 0 Å². The topological polar surface area (TPSA) is 35.8 Å². The second-order valence-electron chi connectivity index (χ2n) is 9.29. The lowest BCUT2D eigenvalue weighted by Crippen LogP contribution is -2.44. The molecule has 1 heterocycles. The van der Waals surface area contributed by atoms with E-state index in [9.17, 15) is 5.21 Å². The van der Waals surface area contributed by atoms with E-state index in [1.807, 2.05) is 0 Å². The summed E-state index contributed by atoms with van der Waals surface area (Å²) in [5.74, 6) is 3.06. The predicted molar refractivity (Wildman–Crippen MR) is 103 cm³/mol. The number of likely N-dealkylation sites (tertiary alicyclic amines) is 1. The zero-order valence-electron chi connectivity index (χ0n) is 15.4. The van der Waals surface area contributed by atoms with Gasteiger partial charge < -0.3 is 10.1 Å². The summed E-state index contributed by atoms with van der Waals surface area (Å²) >= 11 is 0. The molecule has 3 nitrogen and oxygen atoms in total. The van der Waals surface area contributed by atoms with Crippen LogP contribution in [0.25, 0.3) is 0 Å². The van der Waals surface area contributed by atoms with Gasteiger partial charge in [-0.25, -0.2) is 0 Å². The first-order valence-electron chi connectivity index (χ1n) is 10.2. The normalized spacial score (nSPS) is 34.9. The Morgan fingerprint density at radius 2 is 2.08 bits per heavy atom. The minimum Gasteiger partial charge on any atom is -0.411 e. The molecule has 1 N–H and O–H groups in total. The maximum Gasteiger partial charge on any atom is 0.0879 e. The molecule has 3 heteroatoms. The van der Waals surface area contributed by atoms with Gasteiger partial charge in [0.1, 0.15) is 0 Å². The van der Waals surface area contributed by atoms with Crippen LogP contribution in [-0.4, -0.2) is 35.5 Å². The van der Waals surface area contributed by atoms with Gasteiger partial charge in [-0.05, 0) is 81.5 Å². The second kappa shape index (κ2) is 5.84. The minimum absolute atomic E-state index is 0. The van der Waals surface area contributed by atoms with Gasteiger partial charge in [-0.1, -0.05) is 29.3 Å². The zero-order chi connectivity index (χ0) is 17.0. The summed E-state index contributed by atoms with van der Waals surface area (Å²) in [6.45, 7) is 5.87. The molecule has 3 fully saturated rings. The van der Waals surface area contributed by atoms with Crippen LogP contribution in [0.4, 0.5) is 0 Å². The number of aryl methyl sites for hydroxylation is 1. The van der Waals surface area contributed by atoms with Crippen LogP contribution in [0.1, 0.15) is 63.1 Å². The number of rotatable bonds is 2. The summed E-state index contributed by atoms with van der Waals surface area (Å²) in [4.78, 5) is 2.73. The molecule has 2 unspecified atom stereocenters. The number of piperidine rings is 1. The summed E-state index contributed by atoms with van der Waals surface area (Å²) in [5, 5.41) is 13.1. The molecule has 0 radical (unpaired) electrons. The van der Waals surface area contributed by atoms with E-state index in [2.05, 4.69) is 35.2 Å². The lowest BCUT2D eigenvalue weighted by atomic mass is 9.73. The molecule has 2 saturated carbocycles. The Morgan fingerprint density at radius 3 is 2.76 bits per heavy atom. The highest BCUT2D eigenvalue weighted by Crippen LogP contribution is 2.50. The van der Waals surface area contributed by atoms with Gasteiger partial charge in [0, 0.05) is 25.4 Å². The first-order chi connectivity index (χ1) is 12.2. The van der Waals surface area contributed by atoms with E-state index >= 15 is 0 Å². The SMILES string of the molecule is Cc1ccc2c(c1)/C(=N/O)CC21CCN(CC2C[C@H]3CCC2C3)CC1.[HH]. The molecule has 5 rings (SSSR count). The van der Waals surface area contributed by atoms with Crippen molar-refractivity contribution in [3.8, 4) is 0 Å². The van der Waals surface area contributed by atoms with Gasteiger partial charge >= 0.3 is 0 Å². The van der Waals surface area contributed by atoms with Crippen LogP contribution >= 0.6 is 0 Å². The van der Waals surface area contributed by atoms with Crippen LogP contribution in [0.5, 0.6) is 0 Å². The molecular formula is C22H32N2O. The number of hydrogen-bond acceptors (Lipinski definition) is 3. The smallest absolute Gasteiger partial charge is 0.0879 e. The molecule has 0 aromatic heterocycles. The van der Waals surface area contributed by atoms with Crippen LogP contribution in [0.2, 0.25) is 0 Å². The fraction of sp³-hybridized carbons (Fsp3) is 0.682. The number of benzene rings is 1. The van der Waals surface area contributed by atoms with Crippen LogP contribution in [0, 0.1) is 24.7 Å². The van der Waals surface area contributed by atoms with Crippen molar-refractivity contribution < 1.29 is 6.63 Å².